The Labute approximate surface area is 116 Å². The second kappa shape index (κ2) is 4.33. The van der Waals surface area contributed by atoms with Crippen LogP contribution in [0.4, 0.5) is 0 Å². The number of fused-ring (bicyclic) bond motifs is 1. The summed E-state index contributed by atoms with van der Waals surface area (Å²) in [4.78, 5) is 27.8. The Balaban J connectivity index is 1.47. The summed E-state index contributed by atoms with van der Waals surface area (Å²) in [6.07, 6.45) is 3.73. The highest BCUT2D eigenvalue weighted by atomic mass is 16.5. The fourth-order valence-corrected chi connectivity index (χ4v) is 3.16. The highest BCUT2D eigenvalue weighted by Gasteiger charge is 2.38. The molecule has 1 atom stereocenters. The van der Waals surface area contributed by atoms with Crippen molar-refractivity contribution in [3.05, 3.63) is 17.5 Å². The summed E-state index contributed by atoms with van der Waals surface area (Å²) in [7, 11) is 0. The Morgan fingerprint density at radius 2 is 2.15 bits per heavy atom. The average Bonchev–Trinajstić information content (AvgIpc) is 3.09. The third kappa shape index (κ3) is 1.90. The van der Waals surface area contributed by atoms with Crippen LogP contribution in [-0.2, 0) is 4.79 Å². The Hall–Kier alpha value is -1.85. The fraction of sp³-hybridized carbons (Fsp3) is 0.643. The predicted octanol–water partition coefficient (Wildman–Crippen LogP) is 0.999. The SMILES string of the molecule is O=C(c1cc(C2CC2)on1)N1CCN2C(=O)CC[C@H]2C1. The van der Waals surface area contributed by atoms with Gasteiger partial charge in [0.1, 0.15) is 5.76 Å². The minimum atomic E-state index is -0.0698. The molecule has 1 saturated carbocycles. The molecule has 2 amide bonds. The lowest BCUT2D eigenvalue weighted by Gasteiger charge is -2.37. The lowest BCUT2D eigenvalue weighted by atomic mass is 10.1. The fourth-order valence-electron chi connectivity index (χ4n) is 3.16. The number of carbonyl (C=O) groups is 2. The van der Waals surface area contributed by atoms with Gasteiger partial charge < -0.3 is 14.3 Å². The molecule has 0 unspecified atom stereocenters. The largest absolute Gasteiger partial charge is 0.360 e. The normalized spacial score (nSPS) is 26.0. The molecule has 1 aromatic rings. The molecular formula is C14H17N3O3. The van der Waals surface area contributed by atoms with Crippen LogP contribution in [0.2, 0.25) is 0 Å². The van der Waals surface area contributed by atoms with E-state index in [1.165, 1.54) is 0 Å². The van der Waals surface area contributed by atoms with Crippen LogP contribution in [0.3, 0.4) is 0 Å². The third-order valence-electron chi connectivity index (χ3n) is 4.51. The Morgan fingerprint density at radius 3 is 2.95 bits per heavy atom. The standard InChI is InChI=1S/C14H17N3O3/c18-13-4-3-10-8-16(5-6-17(10)13)14(19)11-7-12(20-15-11)9-1-2-9/h7,9-10H,1-6,8H2/t10-/m0/s1. The van der Waals surface area contributed by atoms with E-state index in [2.05, 4.69) is 5.16 Å². The molecule has 6 nitrogen and oxygen atoms in total. The highest BCUT2D eigenvalue weighted by Crippen LogP contribution is 2.40. The molecule has 2 saturated heterocycles. The van der Waals surface area contributed by atoms with Crippen molar-refractivity contribution >= 4 is 11.8 Å². The molecule has 0 N–H and O–H groups in total. The molecule has 2 aliphatic heterocycles. The lowest BCUT2D eigenvalue weighted by molar-refractivity contribution is -0.130. The number of aromatic nitrogens is 1. The van der Waals surface area contributed by atoms with Crippen LogP contribution in [-0.4, -0.2) is 52.4 Å². The molecule has 3 aliphatic rings. The van der Waals surface area contributed by atoms with E-state index < -0.39 is 0 Å². The van der Waals surface area contributed by atoms with E-state index in [1.54, 1.807) is 11.0 Å². The van der Waals surface area contributed by atoms with Gasteiger partial charge >= 0.3 is 0 Å². The van der Waals surface area contributed by atoms with Gasteiger partial charge in [-0.05, 0) is 19.3 Å². The number of hydrogen-bond donors (Lipinski definition) is 0. The molecule has 1 aromatic heterocycles. The van der Waals surface area contributed by atoms with Gasteiger partial charge in [-0.3, -0.25) is 9.59 Å². The summed E-state index contributed by atoms with van der Waals surface area (Å²) in [6.45, 7) is 1.85. The first-order valence-corrected chi connectivity index (χ1v) is 7.28. The Bertz CT molecular complexity index is 564. The van der Waals surface area contributed by atoms with E-state index in [1.807, 2.05) is 4.90 Å². The third-order valence-corrected chi connectivity index (χ3v) is 4.51. The minimum absolute atomic E-state index is 0.0698. The number of rotatable bonds is 2. The van der Waals surface area contributed by atoms with E-state index in [0.29, 0.717) is 37.7 Å². The molecule has 0 aromatic carbocycles. The van der Waals surface area contributed by atoms with Crippen LogP contribution >= 0.6 is 0 Å². The van der Waals surface area contributed by atoms with E-state index in [4.69, 9.17) is 4.52 Å². The molecule has 3 fully saturated rings. The summed E-state index contributed by atoms with van der Waals surface area (Å²) in [5.41, 5.74) is 0.407. The summed E-state index contributed by atoms with van der Waals surface area (Å²) in [6, 6.07) is 1.97. The molecule has 0 radical (unpaired) electrons. The Kier molecular flexibility index (Phi) is 2.58. The van der Waals surface area contributed by atoms with Gasteiger partial charge in [0, 0.05) is 44.1 Å². The summed E-state index contributed by atoms with van der Waals surface area (Å²) < 4.78 is 5.24. The molecule has 1 aliphatic carbocycles. The maximum Gasteiger partial charge on any atom is 0.276 e. The summed E-state index contributed by atoms with van der Waals surface area (Å²) in [5.74, 6) is 1.45. The van der Waals surface area contributed by atoms with Gasteiger partial charge in [-0.2, -0.15) is 0 Å². The van der Waals surface area contributed by atoms with E-state index in [9.17, 15) is 9.59 Å². The van der Waals surface area contributed by atoms with Gasteiger partial charge in [0.25, 0.3) is 5.91 Å². The first-order chi connectivity index (χ1) is 9.72. The Morgan fingerprint density at radius 1 is 1.30 bits per heavy atom. The molecule has 106 valence electrons. The average molecular weight is 275 g/mol. The highest BCUT2D eigenvalue weighted by molar-refractivity contribution is 5.92. The van der Waals surface area contributed by atoms with Gasteiger partial charge in [0.2, 0.25) is 5.91 Å². The first kappa shape index (κ1) is 11.9. The number of amides is 2. The molecule has 6 heteroatoms. The summed E-state index contributed by atoms with van der Waals surface area (Å²) in [5, 5.41) is 3.91. The number of piperazine rings is 1. The first-order valence-electron chi connectivity index (χ1n) is 7.28. The van der Waals surface area contributed by atoms with Crippen LogP contribution in [0.1, 0.15) is 47.8 Å². The number of nitrogens with zero attached hydrogens (tertiary/aromatic N) is 3. The minimum Gasteiger partial charge on any atom is -0.360 e. The van der Waals surface area contributed by atoms with Crippen molar-refractivity contribution in [1.82, 2.24) is 15.0 Å². The van der Waals surface area contributed by atoms with Gasteiger partial charge in [0.05, 0.1) is 0 Å². The second-order valence-electron chi connectivity index (χ2n) is 5.92. The van der Waals surface area contributed by atoms with E-state index in [-0.39, 0.29) is 17.9 Å². The lowest BCUT2D eigenvalue weighted by Crippen LogP contribution is -2.53. The van der Waals surface area contributed by atoms with Crippen molar-refractivity contribution < 1.29 is 14.1 Å². The van der Waals surface area contributed by atoms with Crippen molar-refractivity contribution in [1.29, 1.82) is 0 Å². The van der Waals surface area contributed by atoms with Crippen molar-refractivity contribution in [3.63, 3.8) is 0 Å². The van der Waals surface area contributed by atoms with Crippen LogP contribution in [0, 0.1) is 0 Å². The van der Waals surface area contributed by atoms with E-state index in [0.717, 1.165) is 25.0 Å². The molecular weight excluding hydrogens is 258 g/mol. The molecule has 20 heavy (non-hydrogen) atoms. The van der Waals surface area contributed by atoms with Crippen molar-refractivity contribution in [2.45, 2.75) is 37.6 Å². The van der Waals surface area contributed by atoms with Crippen LogP contribution in [0.5, 0.6) is 0 Å². The van der Waals surface area contributed by atoms with Crippen LogP contribution in [0.15, 0.2) is 10.6 Å². The van der Waals surface area contributed by atoms with Crippen molar-refractivity contribution in [3.8, 4) is 0 Å². The zero-order chi connectivity index (χ0) is 13.7. The maximum atomic E-state index is 12.4. The molecule has 0 spiro atoms. The zero-order valence-corrected chi connectivity index (χ0v) is 11.2. The van der Waals surface area contributed by atoms with Gasteiger partial charge in [-0.1, -0.05) is 5.16 Å². The molecule has 4 rings (SSSR count). The summed E-state index contributed by atoms with van der Waals surface area (Å²) >= 11 is 0. The monoisotopic (exact) mass is 275 g/mol. The molecule has 0 bridgehead atoms. The number of carbonyl (C=O) groups excluding carboxylic acids is 2. The topological polar surface area (TPSA) is 66.7 Å². The quantitative estimate of drug-likeness (QED) is 0.807. The van der Waals surface area contributed by atoms with Gasteiger partial charge in [-0.15, -0.1) is 0 Å². The van der Waals surface area contributed by atoms with Gasteiger partial charge in [0.15, 0.2) is 5.69 Å². The predicted molar refractivity (Wildman–Crippen MR) is 69.1 cm³/mol. The smallest absolute Gasteiger partial charge is 0.276 e. The van der Waals surface area contributed by atoms with Crippen molar-refractivity contribution in [2.75, 3.05) is 19.6 Å². The van der Waals surface area contributed by atoms with E-state index >= 15 is 0 Å². The van der Waals surface area contributed by atoms with Crippen molar-refractivity contribution in [2.24, 2.45) is 0 Å². The maximum absolute atomic E-state index is 12.4. The molecule has 3 heterocycles. The zero-order valence-electron chi connectivity index (χ0n) is 11.2. The second-order valence-corrected chi connectivity index (χ2v) is 5.92. The van der Waals surface area contributed by atoms with Gasteiger partial charge in [-0.25, -0.2) is 0 Å². The number of hydrogen-bond acceptors (Lipinski definition) is 4. The van der Waals surface area contributed by atoms with Crippen LogP contribution in [0.25, 0.3) is 0 Å². The van der Waals surface area contributed by atoms with Crippen LogP contribution < -0.4 is 0 Å².